The van der Waals surface area contributed by atoms with E-state index in [0.29, 0.717) is 24.2 Å². The summed E-state index contributed by atoms with van der Waals surface area (Å²) in [6.07, 6.45) is 2.54. The maximum Gasteiger partial charge on any atom is 0.157 e. The highest BCUT2D eigenvalue weighted by Crippen LogP contribution is 2.28. The normalized spacial score (nSPS) is 12.4. The van der Waals surface area contributed by atoms with Crippen LogP contribution < -0.4 is 10.6 Å². The monoisotopic (exact) mass is 492 g/mol. The van der Waals surface area contributed by atoms with E-state index in [9.17, 15) is 30.6 Å². The van der Waals surface area contributed by atoms with Crippen LogP contribution in [0.4, 0.5) is 0 Å². The lowest BCUT2D eigenvalue weighted by Gasteiger charge is -2.13. The van der Waals surface area contributed by atoms with Crippen molar-refractivity contribution in [2.45, 2.75) is 37.9 Å². The Labute approximate surface area is 200 Å². The molecule has 0 heterocycles. The number of phenolic OH excluding ortho intramolecular Hbond substituents is 4. The summed E-state index contributed by atoms with van der Waals surface area (Å²) in [6.45, 7) is 2.29. The van der Waals surface area contributed by atoms with E-state index in [1.807, 2.05) is 0 Å². The number of rotatable bonds is 13. The number of phenols is 4. The van der Waals surface area contributed by atoms with Gasteiger partial charge in [0, 0.05) is 13.1 Å². The third-order valence-electron chi connectivity index (χ3n) is 4.90. The first-order chi connectivity index (χ1) is 14.4. The maximum atomic E-state index is 10.1. The summed E-state index contributed by atoms with van der Waals surface area (Å²) in [6, 6.07) is 8.59. The van der Waals surface area contributed by atoms with Crippen molar-refractivity contribution in [3.05, 3.63) is 47.5 Å². The number of halogens is 2. The summed E-state index contributed by atoms with van der Waals surface area (Å²) in [5.74, 6) is -0.895. The predicted molar refractivity (Wildman–Crippen MR) is 128 cm³/mol. The molecule has 182 valence electrons. The quantitative estimate of drug-likeness (QED) is 0.157. The van der Waals surface area contributed by atoms with Gasteiger partial charge in [-0.1, -0.05) is 25.0 Å². The Hall–Kier alpha value is -1.94. The van der Waals surface area contributed by atoms with Crippen LogP contribution in [0, 0.1) is 0 Å². The van der Waals surface area contributed by atoms with E-state index >= 15 is 0 Å². The minimum Gasteiger partial charge on any atom is -0.504 e. The zero-order valence-electron chi connectivity index (χ0n) is 17.8. The molecule has 8 nitrogen and oxygen atoms in total. The summed E-state index contributed by atoms with van der Waals surface area (Å²) >= 11 is 0. The molecule has 2 aromatic carbocycles. The zero-order chi connectivity index (χ0) is 21.9. The Morgan fingerprint density at radius 2 is 0.938 bits per heavy atom. The van der Waals surface area contributed by atoms with E-state index in [-0.39, 0.29) is 47.8 Å². The summed E-state index contributed by atoms with van der Waals surface area (Å²) in [5.41, 5.74) is 1.10. The molecule has 0 spiro atoms. The molecule has 2 atom stereocenters. The highest BCUT2D eigenvalue weighted by molar-refractivity contribution is 5.85. The molecule has 0 aliphatic rings. The lowest BCUT2D eigenvalue weighted by atomic mass is 10.1. The van der Waals surface area contributed by atoms with Gasteiger partial charge in [0.2, 0.25) is 0 Å². The van der Waals surface area contributed by atoms with E-state index in [1.54, 1.807) is 12.1 Å². The molecule has 2 unspecified atom stereocenters. The van der Waals surface area contributed by atoms with Gasteiger partial charge in [0.1, 0.15) is 0 Å². The number of unbranched alkanes of at least 4 members (excludes halogenated alkanes) is 3. The number of hydrogen-bond acceptors (Lipinski definition) is 8. The number of nitrogens with one attached hydrogen (secondary N) is 2. The number of hydrogen-bond donors (Lipinski definition) is 8. The second kappa shape index (κ2) is 15.8. The van der Waals surface area contributed by atoms with Crippen LogP contribution in [0.15, 0.2) is 36.4 Å². The van der Waals surface area contributed by atoms with Crippen LogP contribution in [0.2, 0.25) is 0 Å². The predicted octanol–water partition coefficient (Wildman–Crippen LogP) is 2.86. The van der Waals surface area contributed by atoms with Gasteiger partial charge >= 0.3 is 0 Å². The molecule has 2 rings (SSSR count). The summed E-state index contributed by atoms with van der Waals surface area (Å²) in [5, 5.41) is 64.0. The summed E-state index contributed by atoms with van der Waals surface area (Å²) in [4.78, 5) is 0. The molecule has 32 heavy (non-hydrogen) atoms. The molecule has 8 N–H and O–H groups in total. The van der Waals surface area contributed by atoms with Gasteiger partial charge in [-0.05, 0) is 61.3 Å². The molecule has 2 aromatic rings. The van der Waals surface area contributed by atoms with E-state index in [0.717, 1.165) is 38.8 Å². The highest BCUT2D eigenvalue weighted by Gasteiger charge is 2.10. The highest BCUT2D eigenvalue weighted by atomic mass is 35.5. The van der Waals surface area contributed by atoms with Crippen LogP contribution in [0.1, 0.15) is 49.0 Å². The van der Waals surface area contributed by atoms with E-state index < -0.39 is 12.2 Å². The van der Waals surface area contributed by atoms with Crippen molar-refractivity contribution < 1.29 is 30.6 Å². The maximum absolute atomic E-state index is 10.1. The molecule has 0 fully saturated rings. The molecule has 0 radical (unpaired) electrons. The Morgan fingerprint density at radius 3 is 1.28 bits per heavy atom. The Morgan fingerprint density at radius 1 is 0.562 bits per heavy atom. The first kappa shape index (κ1) is 30.1. The van der Waals surface area contributed by atoms with Gasteiger partial charge in [-0.15, -0.1) is 24.8 Å². The lowest BCUT2D eigenvalue weighted by Crippen LogP contribution is -2.23. The molecule has 0 aliphatic carbocycles. The van der Waals surface area contributed by atoms with Crippen molar-refractivity contribution in [2.24, 2.45) is 0 Å². The minimum absolute atomic E-state index is 0. The third-order valence-corrected chi connectivity index (χ3v) is 4.90. The fourth-order valence-corrected chi connectivity index (χ4v) is 3.06. The van der Waals surface area contributed by atoms with Gasteiger partial charge in [-0.2, -0.15) is 0 Å². The standard InChI is InChI=1S/C22H32N2O6.2ClH/c25-17-7-5-15(11-19(17)27)21(29)13-23-9-3-1-2-4-10-24-14-22(30)16-6-8-18(26)20(28)12-16;;/h5-8,11-12,21-30H,1-4,9-10,13-14H2;2*1H. The van der Waals surface area contributed by atoms with Crippen molar-refractivity contribution in [1.82, 2.24) is 10.6 Å². The average molecular weight is 493 g/mol. The van der Waals surface area contributed by atoms with E-state index in [2.05, 4.69) is 10.6 Å². The van der Waals surface area contributed by atoms with Crippen LogP contribution in [0.5, 0.6) is 23.0 Å². The van der Waals surface area contributed by atoms with Crippen LogP contribution in [0.25, 0.3) is 0 Å². The zero-order valence-corrected chi connectivity index (χ0v) is 19.4. The number of aliphatic hydroxyl groups excluding tert-OH is 2. The number of benzene rings is 2. The second-order valence-corrected chi connectivity index (χ2v) is 7.35. The van der Waals surface area contributed by atoms with Crippen LogP contribution in [-0.2, 0) is 0 Å². The van der Waals surface area contributed by atoms with Gasteiger partial charge in [-0.25, -0.2) is 0 Å². The topological polar surface area (TPSA) is 145 Å². The second-order valence-electron chi connectivity index (χ2n) is 7.35. The molecular weight excluding hydrogens is 459 g/mol. The molecule has 0 saturated carbocycles. The number of aliphatic hydroxyl groups is 2. The van der Waals surface area contributed by atoms with Crippen molar-refractivity contribution in [3.63, 3.8) is 0 Å². The first-order valence-electron chi connectivity index (χ1n) is 10.2. The van der Waals surface area contributed by atoms with E-state index in [1.165, 1.54) is 24.3 Å². The largest absolute Gasteiger partial charge is 0.504 e. The molecule has 0 aromatic heterocycles. The van der Waals surface area contributed by atoms with E-state index in [4.69, 9.17) is 0 Å². The van der Waals surface area contributed by atoms with Gasteiger partial charge in [0.15, 0.2) is 23.0 Å². The molecule has 0 amide bonds. The fourth-order valence-electron chi connectivity index (χ4n) is 3.06. The Bertz CT molecular complexity index is 732. The molecule has 0 aliphatic heterocycles. The first-order valence-corrected chi connectivity index (χ1v) is 10.2. The Balaban J connectivity index is 0.00000480. The fraction of sp³-hybridized carbons (Fsp3) is 0.455. The van der Waals surface area contributed by atoms with Crippen molar-refractivity contribution in [3.8, 4) is 23.0 Å². The third kappa shape index (κ3) is 10.1. The van der Waals surface area contributed by atoms with Crippen molar-refractivity contribution >= 4 is 24.8 Å². The minimum atomic E-state index is -0.748. The average Bonchev–Trinajstić information content (AvgIpc) is 2.73. The van der Waals surface area contributed by atoms with Gasteiger partial charge in [0.25, 0.3) is 0 Å². The van der Waals surface area contributed by atoms with Gasteiger partial charge in [0.05, 0.1) is 12.2 Å². The SMILES string of the molecule is Cl.Cl.Oc1ccc(C(O)CNCCCCCCNCC(O)c2ccc(O)c(O)c2)cc1O. The van der Waals surface area contributed by atoms with Gasteiger partial charge in [-0.3, -0.25) is 0 Å². The van der Waals surface area contributed by atoms with Crippen LogP contribution >= 0.6 is 24.8 Å². The van der Waals surface area contributed by atoms with Crippen LogP contribution in [0.3, 0.4) is 0 Å². The number of aromatic hydroxyl groups is 4. The Kier molecular flexibility index (Phi) is 14.8. The lowest BCUT2D eigenvalue weighted by molar-refractivity contribution is 0.173. The summed E-state index contributed by atoms with van der Waals surface area (Å²) < 4.78 is 0. The van der Waals surface area contributed by atoms with Gasteiger partial charge < -0.3 is 41.3 Å². The summed E-state index contributed by atoms with van der Waals surface area (Å²) in [7, 11) is 0. The molecule has 0 bridgehead atoms. The van der Waals surface area contributed by atoms with Crippen molar-refractivity contribution in [1.29, 1.82) is 0 Å². The van der Waals surface area contributed by atoms with Crippen LogP contribution in [-0.4, -0.2) is 56.8 Å². The molecular formula is C22H34Cl2N2O6. The van der Waals surface area contributed by atoms with Crippen molar-refractivity contribution in [2.75, 3.05) is 26.2 Å². The molecule has 0 saturated heterocycles. The smallest absolute Gasteiger partial charge is 0.157 e. The molecule has 10 heteroatoms.